The minimum Gasteiger partial charge on any atom is -0.461 e. The molecular formula is C17H27N3O5. The first-order valence-electron chi connectivity index (χ1n) is 8.71. The van der Waals surface area contributed by atoms with Crippen molar-refractivity contribution in [1.29, 1.82) is 0 Å². The van der Waals surface area contributed by atoms with Gasteiger partial charge in [0, 0.05) is 13.5 Å². The average molecular weight is 353 g/mol. The Morgan fingerprint density at radius 3 is 2.44 bits per heavy atom. The van der Waals surface area contributed by atoms with Gasteiger partial charge in [-0.1, -0.05) is 12.8 Å². The van der Waals surface area contributed by atoms with Crippen molar-refractivity contribution in [3.8, 4) is 0 Å². The second-order valence-corrected chi connectivity index (χ2v) is 6.24. The standard InChI is InChI=1S/C17H27N3O5/c1-12(24-2)16(22)20-15(10-9-13(21)11-19-18)17(23)25-14-7-5-3-4-6-8-14/h11-12,14-15H,3-10H2,1-2H3,(H,20,22)/t12-,15+/m1/s1. The summed E-state index contributed by atoms with van der Waals surface area (Å²) < 4.78 is 10.5. The molecule has 0 heterocycles. The molecule has 0 aromatic carbocycles. The highest BCUT2D eigenvalue weighted by molar-refractivity contribution is 6.25. The van der Waals surface area contributed by atoms with Crippen LogP contribution in [-0.2, 0) is 23.9 Å². The molecule has 0 unspecified atom stereocenters. The molecule has 1 N–H and O–H groups in total. The highest BCUT2D eigenvalue weighted by atomic mass is 16.5. The van der Waals surface area contributed by atoms with E-state index in [0.29, 0.717) is 0 Å². The van der Waals surface area contributed by atoms with Gasteiger partial charge in [0.15, 0.2) is 0 Å². The highest BCUT2D eigenvalue weighted by Crippen LogP contribution is 2.20. The lowest BCUT2D eigenvalue weighted by Gasteiger charge is -2.22. The lowest BCUT2D eigenvalue weighted by molar-refractivity contribution is -0.154. The number of nitrogens with one attached hydrogen (secondary N) is 1. The van der Waals surface area contributed by atoms with Crippen LogP contribution in [0.5, 0.6) is 0 Å². The maximum Gasteiger partial charge on any atom is 0.328 e. The fraction of sp³-hybridized carbons (Fsp3) is 0.765. The van der Waals surface area contributed by atoms with E-state index in [2.05, 4.69) is 10.1 Å². The molecule has 1 aliphatic carbocycles. The molecular weight excluding hydrogens is 326 g/mol. The second kappa shape index (κ2) is 11.5. The van der Waals surface area contributed by atoms with Crippen molar-refractivity contribution < 1.29 is 28.6 Å². The third-order valence-corrected chi connectivity index (χ3v) is 4.29. The monoisotopic (exact) mass is 353 g/mol. The summed E-state index contributed by atoms with van der Waals surface area (Å²) in [6.07, 6.45) is 5.85. The molecule has 1 fully saturated rings. The van der Waals surface area contributed by atoms with Gasteiger partial charge in [0.1, 0.15) is 18.2 Å². The molecule has 0 aromatic heterocycles. The second-order valence-electron chi connectivity index (χ2n) is 6.24. The van der Waals surface area contributed by atoms with Crippen LogP contribution >= 0.6 is 0 Å². The molecule has 0 radical (unpaired) electrons. The number of hydrogen-bond acceptors (Lipinski definition) is 5. The fourth-order valence-electron chi connectivity index (χ4n) is 2.67. The van der Waals surface area contributed by atoms with Crippen molar-refractivity contribution in [3.63, 3.8) is 0 Å². The van der Waals surface area contributed by atoms with E-state index < -0.39 is 29.8 Å². The number of carbonyl (C=O) groups excluding carboxylic acids is 3. The lowest BCUT2D eigenvalue weighted by Crippen LogP contribution is -2.47. The van der Waals surface area contributed by atoms with E-state index in [-0.39, 0.29) is 18.9 Å². The molecule has 140 valence electrons. The van der Waals surface area contributed by atoms with Gasteiger partial charge in [-0.15, -0.1) is 0 Å². The Morgan fingerprint density at radius 1 is 1.24 bits per heavy atom. The summed E-state index contributed by atoms with van der Waals surface area (Å²) in [6, 6.07) is -0.940. The van der Waals surface area contributed by atoms with Gasteiger partial charge >= 0.3 is 12.2 Å². The minimum atomic E-state index is -0.940. The van der Waals surface area contributed by atoms with Crippen LogP contribution in [0.3, 0.4) is 0 Å². The van der Waals surface area contributed by atoms with E-state index in [1.807, 2.05) is 0 Å². The van der Waals surface area contributed by atoms with Crippen molar-refractivity contribution >= 4 is 23.9 Å². The zero-order valence-corrected chi connectivity index (χ0v) is 14.9. The summed E-state index contributed by atoms with van der Waals surface area (Å²) in [5, 5.41) is 2.57. The van der Waals surface area contributed by atoms with Crippen LogP contribution in [0.25, 0.3) is 5.53 Å². The van der Waals surface area contributed by atoms with Crippen molar-refractivity contribution in [2.75, 3.05) is 7.11 Å². The Labute approximate surface area is 147 Å². The first-order valence-corrected chi connectivity index (χ1v) is 8.71. The molecule has 0 saturated heterocycles. The number of amides is 1. The van der Waals surface area contributed by atoms with Gasteiger partial charge in [0.25, 0.3) is 0 Å². The van der Waals surface area contributed by atoms with Gasteiger partial charge in [0.2, 0.25) is 11.7 Å². The van der Waals surface area contributed by atoms with Gasteiger partial charge in [-0.05, 0) is 39.0 Å². The Morgan fingerprint density at radius 2 is 1.88 bits per heavy atom. The smallest absolute Gasteiger partial charge is 0.328 e. The molecule has 1 saturated carbocycles. The van der Waals surface area contributed by atoms with E-state index in [9.17, 15) is 14.4 Å². The Kier molecular flexibility index (Phi) is 9.65. The molecule has 0 bridgehead atoms. The number of carbonyl (C=O) groups is 3. The fourth-order valence-corrected chi connectivity index (χ4v) is 2.67. The molecule has 8 nitrogen and oxygen atoms in total. The summed E-state index contributed by atoms with van der Waals surface area (Å²) >= 11 is 0. The van der Waals surface area contributed by atoms with E-state index in [1.54, 1.807) is 6.92 Å². The summed E-state index contributed by atoms with van der Waals surface area (Å²) in [4.78, 5) is 38.6. The largest absolute Gasteiger partial charge is 0.461 e. The first kappa shape index (κ1) is 21.0. The highest BCUT2D eigenvalue weighted by Gasteiger charge is 2.28. The van der Waals surface area contributed by atoms with Gasteiger partial charge in [-0.3, -0.25) is 9.59 Å². The van der Waals surface area contributed by atoms with Crippen LogP contribution in [0.1, 0.15) is 58.3 Å². The number of hydrogen-bond donors (Lipinski definition) is 1. The summed E-state index contributed by atoms with van der Waals surface area (Å²) in [6.45, 7) is 1.56. The van der Waals surface area contributed by atoms with E-state index in [0.717, 1.165) is 44.7 Å². The number of rotatable bonds is 9. The van der Waals surface area contributed by atoms with Crippen molar-refractivity contribution in [2.45, 2.75) is 76.5 Å². The normalized spacial score (nSPS) is 17.5. The van der Waals surface area contributed by atoms with Crippen molar-refractivity contribution in [3.05, 3.63) is 5.53 Å². The molecule has 8 heteroatoms. The Bertz CT molecular complexity index is 508. The van der Waals surface area contributed by atoms with Gasteiger partial charge < -0.3 is 20.3 Å². The molecule has 25 heavy (non-hydrogen) atoms. The van der Waals surface area contributed by atoms with Crippen LogP contribution < -0.4 is 5.32 Å². The van der Waals surface area contributed by atoms with E-state index in [1.165, 1.54) is 7.11 Å². The first-order chi connectivity index (χ1) is 12.0. The molecule has 0 spiro atoms. The predicted molar refractivity (Wildman–Crippen MR) is 89.9 cm³/mol. The number of ether oxygens (including phenoxy) is 2. The van der Waals surface area contributed by atoms with Crippen LogP contribution in [0, 0.1) is 0 Å². The molecule has 1 amide bonds. The van der Waals surface area contributed by atoms with Crippen LogP contribution in [0.2, 0.25) is 0 Å². The summed E-state index contributed by atoms with van der Waals surface area (Å²) in [5.41, 5.74) is 8.37. The lowest BCUT2D eigenvalue weighted by atomic mass is 10.1. The van der Waals surface area contributed by atoms with Gasteiger partial charge in [0.05, 0.1) is 0 Å². The van der Waals surface area contributed by atoms with Gasteiger partial charge in [-0.25, -0.2) is 4.79 Å². The SMILES string of the molecule is CO[C@H](C)C(=O)N[C@@H](CCC(=O)C=[N+]=[N-])C(=O)OC1CCCCCC1. The Balaban J connectivity index is 2.69. The summed E-state index contributed by atoms with van der Waals surface area (Å²) in [5.74, 6) is -1.44. The number of nitrogens with zero attached hydrogens (tertiary/aromatic N) is 2. The Hall–Kier alpha value is -2.05. The topological polar surface area (TPSA) is 118 Å². The number of Topliss-reactive ketones (excluding diaryl/α,β-unsaturated/α-hetero) is 1. The van der Waals surface area contributed by atoms with Crippen LogP contribution in [0.15, 0.2) is 0 Å². The predicted octanol–water partition coefficient (Wildman–Crippen LogP) is 1.42. The minimum absolute atomic E-state index is 0.0455. The molecule has 2 atom stereocenters. The zero-order valence-electron chi connectivity index (χ0n) is 14.9. The molecule has 0 aromatic rings. The maximum atomic E-state index is 12.5. The molecule has 1 rings (SSSR count). The van der Waals surface area contributed by atoms with E-state index in [4.69, 9.17) is 15.0 Å². The van der Waals surface area contributed by atoms with Crippen LogP contribution in [-0.4, -0.2) is 54.0 Å². The summed E-state index contributed by atoms with van der Waals surface area (Å²) in [7, 11) is 1.39. The molecule has 0 aliphatic heterocycles. The molecule has 1 aliphatic rings. The quantitative estimate of drug-likeness (QED) is 0.221. The zero-order chi connectivity index (χ0) is 18.7. The van der Waals surface area contributed by atoms with Gasteiger partial charge in [-0.2, -0.15) is 4.79 Å². The number of ketones is 1. The number of methoxy groups -OCH3 is 1. The van der Waals surface area contributed by atoms with Crippen LogP contribution in [0.4, 0.5) is 0 Å². The van der Waals surface area contributed by atoms with Crippen molar-refractivity contribution in [1.82, 2.24) is 5.32 Å². The average Bonchev–Trinajstić information content (AvgIpc) is 2.86. The van der Waals surface area contributed by atoms with E-state index >= 15 is 0 Å². The van der Waals surface area contributed by atoms with Crippen molar-refractivity contribution in [2.24, 2.45) is 0 Å². The maximum absolute atomic E-state index is 12.5. The third-order valence-electron chi connectivity index (χ3n) is 4.29. The third kappa shape index (κ3) is 8.05. The number of esters is 1.